The molecule has 2 heteroatoms. The number of benzene rings is 1. The van der Waals surface area contributed by atoms with Crippen molar-refractivity contribution >= 4 is 6.29 Å². The van der Waals surface area contributed by atoms with Crippen molar-refractivity contribution in [2.45, 2.75) is 63.7 Å². The second kappa shape index (κ2) is 8.99. The zero-order chi connectivity index (χ0) is 17.5. The predicted octanol–water partition coefficient (Wildman–Crippen LogP) is 5.78. The molecule has 0 radical (unpaired) electrons. The van der Waals surface area contributed by atoms with E-state index < -0.39 is 0 Å². The summed E-state index contributed by atoms with van der Waals surface area (Å²) in [6.45, 7) is 0. The lowest BCUT2D eigenvalue weighted by molar-refractivity contribution is -0.107. The van der Waals surface area contributed by atoms with Gasteiger partial charge >= 0.3 is 0 Å². The van der Waals surface area contributed by atoms with E-state index in [1.54, 1.807) is 0 Å². The first-order chi connectivity index (χ1) is 12.3. The summed E-state index contributed by atoms with van der Waals surface area (Å²) in [5.74, 6) is 3.21. The highest BCUT2D eigenvalue weighted by atomic mass is 16.1. The van der Waals surface area contributed by atoms with Gasteiger partial charge in [0.2, 0.25) is 0 Å². The number of carbonyl (C=O) groups excluding carboxylic acids is 1. The molecule has 2 aliphatic rings. The van der Waals surface area contributed by atoms with Crippen molar-refractivity contribution in [2.24, 2.45) is 17.8 Å². The molecule has 1 aromatic rings. The van der Waals surface area contributed by atoms with Gasteiger partial charge in [0, 0.05) is 6.42 Å². The highest BCUT2D eigenvalue weighted by Gasteiger charge is 2.30. The molecule has 0 spiro atoms. The Hall–Kier alpha value is -1.88. The first-order valence-electron chi connectivity index (χ1n) is 9.90. The minimum absolute atomic E-state index is 0.569. The van der Waals surface area contributed by atoms with Crippen molar-refractivity contribution in [1.29, 1.82) is 5.26 Å². The maximum absolute atomic E-state index is 10.4. The summed E-state index contributed by atoms with van der Waals surface area (Å²) >= 11 is 0. The first kappa shape index (κ1) is 17.9. The lowest BCUT2D eigenvalue weighted by Gasteiger charge is -2.37. The summed E-state index contributed by atoms with van der Waals surface area (Å²) in [6.07, 6.45) is 16.5. The van der Waals surface area contributed by atoms with Gasteiger partial charge in [-0.25, -0.2) is 0 Å². The molecule has 0 saturated heterocycles. The summed E-state index contributed by atoms with van der Waals surface area (Å²) in [5, 5.41) is 8.93. The maximum Gasteiger partial charge on any atom is 0.123 e. The van der Waals surface area contributed by atoms with Crippen LogP contribution in [-0.4, -0.2) is 6.29 Å². The van der Waals surface area contributed by atoms with E-state index in [2.05, 4.69) is 24.3 Å². The molecule has 1 aromatic carbocycles. The molecule has 0 heterocycles. The van der Waals surface area contributed by atoms with Crippen molar-refractivity contribution in [3.63, 3.8) is 0 Å². The van der Waals surface area contributed by atoms with Crippen LogP contribution >= 0.6 is 0 Å². The number of aldehydes is 1. The molecule has 0 N–H and O–H groups in total. The van der Waals surface area contributed by atoms with Crippen LogP contribution in [0.4, 0.5) is 0 Å². The van der Waals surface area contributed by atoms with Crippen molar-refractivity contribution in [2.75, 3.05) is 0 Å². The molecule has 0 aliphatic heterocycles. The van der Waals surface area contributed by atoms with Crippen LogP contribution in [-0.2, 0) is 4.79 Å². The number of allylic oxidation sites excluding steroid dienone is 2. The smallest absolute Gasteiger partial charge is 0.123 e. The molecule has 0 amide bonds. The molecule has 2 aliphatic carbocycles. The Bertz CT molecular complexity index is 608. The average molecular weight is 335 g/mol. The molecular formula is C23H29NO. The molecule has 0 atom stereocenters. The standard InChI is InChI=1S/C23H29NO/c24-17-19-6-10-21(11-7-19)23-14-12-22(13-15-23)20-8-4-18(5-9-20)3-1-2-16-25/h1,3,6-7,10-11,16,18,20,22-23H,2,4-5,8-9,12-15H2/b3-1+. The summed E-state index contributed by atoms with van der Waals surface area (Å²) in [5.41, 5.74) is 2.18. The van der Waals surface area contributed by atoms with E-state index in [0.717, 1.165) is 23.7 Å². The van der Waals surface area contributed by atoms with Crippen molar-refractivity contribution in [1.82, 2.24) is 0 Å². The summed E-state index contributed by atoms with van der Waals surface area (Å²) in [7, 11) is 0. The van der Waals surface area contributed by atoms with Crippen LogP contribution in [0, 0.1) is 29.1 Å². The zero-order valence-corrected chi connectivity index (χ0v) is 15.1. The maximum atomic E-state index is 10.4. The number of carbonyl (C=O) groups is 1. The number of hydrogen-bond acceptors (Lipinski definition) is 2. The van der Waals surface area contributed by atoms with Gasteiger partial charge in [0.25, 0.3) is 0 Å². The van der Waals surface area contributed by atoms with Gasteiger partial charge < -0.3 is 4.79 Å². The number of nitrogens with zero attached hydrogens (tertiary/aromatic N) is 1. The van der Waals surface area contributed by atoms with E-state index in [4.69, 9.17) is 5.26 Å². The fourth-order valence-electron chi connectivity index (χ4n) is 4.89. The van der Waals surface area contributed by atoms with Crippen LogP contribution in [0.3, 0.4) is 0 Å². The highest BCUT2D eigenvalue weighted by molar-refractivity contribution is 5.51. The lowest BCUT2D eigenvalue weighted by Crippen LogP contribution is -2.25. The third-order valence-electron chi connectivity index (χ3n) is 6.41. The largest absolute Gasteiger partial charge is 0.303 e. The van der Waals surface area contributed by atoms with E-state index in [1.807, 2.05) is 18.2 Å². The van der Waals surface area contributed by atoms with Crippen LogP contribution in [0.25, 0.3) is 0 Å². The molecule has 0 bridgehead atoms. The van der Waals surface area contributed by atoms with Gasteiger partial charge in [-0.1, -0.05) is 24.3 Å². The van der Waals surface area contributed by atoms with Crippen molar-refractivity contribution < 1.29 is 4.79 Å². The predicted molar refractivity (Wildman–Crippen MR) is 101 cm³/mol. The SMILES string of the molecule is N#Cc1ccc(C2CCC(C3CCC(/C=C/CC=O)CC3)CC2)cc1. The molecule has 3 rings (SSSR count). The number of rotatable bonds is 5. The number of nitriles is 1. The Morgan fingerprint density at radius 3 is 2.08 bits per heavy atom. The zero-order valence-electron chi connectivity index (χ0n) is 15.1. The van der Waals surface area contributed by atoms with E-state index in [1.165, 1.54) is 56.9 Å². The van der Waals surface area contributed by atoms with Gasteiger partial charge in [-0.2, -0.15) is 5.26 Å². The molecule has 0 aromatic heterocycles. The Balaban J connectivity index is 1.45. The van der Waals surface area contributed by atoms with Gasteiger partial charge in [0.15, 0.2) is 0 Å². The van der Waals surface area contributed by atoms with Crippen LogP contribution in [0.2, 0.25) is 0 Å². The minimum Gasteiger partial charge on any atom is -0.303 e. The Kier molecular flexibility index (Phi) is 6.45. The average Bonchev–Trinajstić information content (AvgIpc) is 2.69. The van der Waals surface area contributed by atoms with Crippen LogP contribution < -0.4 is 0 Å². The van der Waals surface area contributed by atoms with Gasteiger partial charge in [-0.3, -0.25) is 0 Å². The van der Waals surface area contributed by atoms with Gasteiger partial charge in [-0.15, -0.1) is 0 Å². The van der Waals surface area contributed by atoms with Crippen molar-refractivity contribution in [3.8, 4) is 6.07 Å². The summed E-state index contributed by atoms with van der Waals surface area (Å²) < 4.78 is 0. The Morgan fingerprint density at radius 2 is 1.52 bits per heavy atom. The minimum atomic E-state index is 0.569. The molecular weight excluding hydrogens is 306 g/mol. The monoisotopic (exact) mass is 335 g/mol. The lowest BCUT2D eigenvalue weighted by atomic mass is 9.68. The summed E-state index contributed by atoms with van der Waals surface area (Å²) in [6, 6.07) is 10.4. The molecule has 2 fully saturated rings. The van der Waals surface area contributed by atoms with Crippen LogP contribution in [0.15, 0.2) is 36.4 Å². The highest BCUT2D eigenvalue weighted by Crippen LogP contribution is 2.44. The molecule has 132 valence electrons. The first-order valence-corrected chi connectivity index (χ1v) is 9.90. The normalized spacial score (nSPS) is 30.0. The van der Waals surface area contributed by atoms with E-state index in [-0.39, 0.29) is 0 Å². The fourth-order valence-corrected chi connectivity index (χ4v) is 4.89. The Labute approximate surface area is 151 Å². The molecule has 2 saturated carbocycles. The van der Waals surface area contributed by atoms with E-state index in [0.29, 0.717) is 18.3 Å². The Morgan fingerprint density at radius 1 is 0.920 bits per heavy atom. The topological polar surface area (TPSA) is 40.9 Å². The fraction of sp³-hybridized carbons (Fsp3) is 0.565. The van der Waals surface area contributed by atoms with E-state index >= 15 is 0 Å². The third kappa shape index (κ3) is 4.82. The molecule has 2 nitrogen and oxygen atoms in total. The molecule has 25 heavy (non-hydrogen) atoms. The second-order valence-electron chi connectivity index (χ2n) is 7.85. The quantitative estimate of drug-likeness (QED) is 0.505. The number of hydrogen-bond donors (Lipinski definition) is 0. The van der Waals surface area contributed by atoms with Gasteiger partial charge in [-0.05, 0) is 92.7 Å². The van der Waals surface area contributed by atoms with Crippen LogP contribution in [0.1, 0.15) is 74.8 Å². The van der Waals surface area contributed by atoms with Gasteiger partial charge in [0.1, 0.15) is 6.29 Å². The van der Waals surface area contributed by atoms with Crippen molar-refractivity contribution in [3.05, 3.63) is 47.5 Å². The second-order valence-corrected chi connectivity index (χ2v) is 7.85. The van der Waals surface area contributed by atoms with E-state index in [9.17, 15) is 4.79 Å². The molecule has 0 unspecified atom stereocenters. The van der Waals surface area contributed by atoms with Gasteiger partial charge in [0.05, 0.1) is 11.6 Å². The third-order valence-corrected chi connectivity index (χ3v) is 6.41. The van der Waals surface area contributed by atoms with Crippen LogP contribution in [0.5, 0.6) is 0 Å². The summed E-state index contributed by atoms with van der Waals surface area (Å²) in [4.78, 5) is 10.4.